The molecule has 0 saturated carbocycles. The molecule has 2 atom stereocenters. The van der Waals surface area contributed by atoms with E-state index in [-0.39, 0.29) is 6.04 Å². The molecule has 0 amide bonds. The number of anilines is 1. The second kappa shape index (κ2) is 9.08. The number of aliphatic hydroxyl groups excluding tert-OH is 1. The van der Waals surface area contributed by atoms with E-state index in [0.717, 1.165) is 31.5 Å². The number of hydrogen-bond acceptors (Lipinski definition) is 8. The molecule has 2 saturated heterocycles. The van der Waals surface area contributed by atoms with Gasteiger partial charge in [-0.3, -0.25) is 4.68 Å². The zero-order valence-electron chi connectivity index (χ0n) is 17.5. The Balaban J connectivity index is 1.51. The van der Waals surface area contributed by atoms with Crippen LogP contribution >= 0.6 is 0 Å². The Kier molecular flexibility index (Phi) is 6.27. The molecule has 2 aliphatic heterocycles. The van der Waals surface area contributed by atoms with E-state index in [1.807, 2.05) is 10.9 Å². The van der Waals surface area contributed by atoms with Crippen LogP contribution in [-0.2, 0) is 4.74 Å². The summed E-state index contributed by atoms with van der Waals surface area (Å²) < 4.78 is 7.28. The third kappa shape index (κ3) is 4.46. The van der Waals surface area contributed by atoms with Gasteiger partial charge in [0, 0.05) is 37.5 Å². The Bertz CT molecular complexity index is 899. The van der Waals surface area contributed by atoms with Crippen LogP contribution < -0.4 is 5.32 Å². The number of aliphatic hydroxyl groups is 1. The van der Waals surface area contributed by atoms with Crippen LogP contribution in [0.5, 0.6) is 0 Å². The maximum absolute atomic E-state index is 10.1. The molecule has 0 aliphatic carbocycles. The predicted molar refractivity (Wildman–Crippen MR) is 112 cm³/mol. The average molecular weight is 412 g/mol. The molecule has 30 heavy (non-hydrogen) atoms. The Morgan fingerprint density at radius 3 is 2.77 bits per heavy atom. The van der Waals surface area contributed by atoms with E-state index in [1.54, 1.807) is 6.20 Å². The number of nitrogens with zero attached hydrogens (tertiary/aromatic N) is 6. The van der Waals surface area contributed by atoms with Gasteiger partial charge >= 0.3 is 0 Å². The Morgan fingerprint density at radius 1 is 1.27 bits per heavy atom. The molecule has 0 unspecified atom stereocenters. The number of hydrogen-bond donors (Lipinski definition) is 2. The van der Waals surface area contributed by atoms with Crippen molar-refractivity contribution in [1.82, 2.24) is 24.6 Å². The van der Waals surface area contributed by atoms with Crippen LogP contribution in [-0.4, -0.2) is 74.2 Å². The Labute approximate surface area is 176 Å². The van der Waals surface area contributed by atoms with E-state index in [4.69, 9.17) is 4.74 Å². The molecule has 2 aliphatic rings. The molecule has 9 heteroatoms. The quantitative estimate of drug-likeness (QED) is 0.766. The third-order valence-electron chi connectivity index (χ3n) is 6.03. The molecule has 0 aromatic carbocycles. The van der Waals surface area contributed by atoms with E-state index >= 15 is 0 Å². The number of piperidine rings is 1. The lowest BCUT2D eigenvalue weighted by molar-refractivity contribution is -0.0136. The van der Waals surface area contributed by atoms with Gasteiger partial charge in [0.15, 0.2) is 0 Å². The minimum absolute atomic E-state index is 0.173. The van der Waals surface area contributed by atoms with Gasteiger partial charge in [0.2, 0.25) is 5.95 Å². The summed E-state index contributed by atoms with van der Waals surface area (Å²) >= 11 is 0. The first kappa shape index (κ1) is 20.7. The monoisotopic (exact) mass is 411 g/mol. The van der Waals surface area contributed by atoms with Gasteiger partial charge in [-0.1, -0.05) is 0 Å². The molecule has 2 aromatic rings. The summed E-state index contributed by atoms with van der Waals surface area (Å²) in [5.74, 6) is 0.396. The maximum atomic E-state index is 10.1. The molecule has 2 aromatic heterocycles. The summed E-state index contributed by atoms with van der Waals surface area (Å²) in [6, 6.07) is 2.93. The second-order valence-corrected chi connectivity index (χ2v) is 8.32. The van der Waals surface area contributed by atoms with Crippen molar-refractivity contribution in [2.45, 2.75) is 57.3 Å². The molecular formula is C21H29N7O2. The smallest absolute Gasteiger partial charge is 0.223 e. The lowest BCUT2D eigenvalue weighted by atomic mass is 10.0. The van der Waals surface area contributed by atoms with Gasteiger partial charge in [-0.25, -0.2) is 9.97 Å². The Morgan fingerprint density at radius 2 is 2.07 bits per heavy atom. The van der Waals surface area contributed by atoms with Crippen molar-refractivity contribution >= 4 is 5.95 Å². The van der Waals surface area contributed by atoms with Crippen molar-refractivity contribution in [2.75, 3.05) is 31.6 Å². The minimum Gasteiger partial charge on any atom is -0.389 e. The molecule has 2 N–H and O–H groups in total. The fourth-order valence-electron chi connectivity index (χ4n) is 4.14. The van der Waals surface area contributed by atoms with Crippen LogP contribution in [0.3, 0.4) is 0 Å². The highest BCUT2D eigenvalue weighted by molar-refractivity contribution is 5.65. The van der Waals surface area contributed by atoms with Crippen LogP contribution in [0.4, 0.5) is 5.95 Å². The van der Waals surface area contributed by atoms with Crippen molar-refractivity contribution in [2.24, 2.45) is 0 Å². The van der Waals surface area contributed by atoms with E-state index in [2.05, 4.69) is 45.2 Å². The number of likely N-dealkylation sites (tertiary alicyclic amines) is 1. The van der Waals surface area contributed by atoms with Crippen molar-refractivity contribution in [3.8, 4) is 17.3 Å². The molecule has 0 spiro atoms. The first-order valence-corrected chi connectivity index (χ1v) is 10.6. The van der Waals surface area contributed by atoms with Crippen molar-refractivity contribution in [3.63, 3.8) is 0 Å². The number of nitriles is 1. The molecular weight excluding hydrogens is 382 g/mol. The molecule has 9 nitrogen and oxygen atoms in total. The van der Waals surface area contributed by atoms with Crippen LogP contribution in [0.2, 0.25) is 0 Å². The minimum atomic E-state index is -0.610. The number of ether oxygens (including phenoxy) is 1. The standard InChI is InChI=1S/C21H29N7O2/c1-14(2)27-6-3-17(4-7-27)28-12-16(11-24-28)20-15(9-22)10-23-21(26-20)25-18-5-8-30-13-19(18)29/h10-12,14,17-19,29H,3-8,13H2,1-2H3,(H,23,25,26)/t18-,19-/m1/s1. The van der Waals surface area contributed by atoms with E-state index in [9.17, 15) is 10.4 Å². The molecule has 160 valence electrons. The summed E-state index contributed by atoms with van der Waals surface area (Å²) in [6.45, 7) is 7.47. The highest BCUT2D eigenvalue weighted by atomic mass is 16.5. The number of nitrogens with one attached hydrogen (secondary N) is 1. The molecule has 2 fully saturated rings. The van der Waals surface area contributed by atoms with Gasteiger partial charge in [0.25, 0.3) is 0 Å². The highest BCUT2D eigenvalue weighted by Crippen LogP contribution is 2.27. The van der Waals surface area contributed by atoms with Crippen LogP contribution in [0.15, 0.2) is 18.6 Å². The molecule has 0 radical (unpaired) electrons. The maximum Gasteiger partial charge on any atom is 0.223 e. The first-order valence-electron chi connectivity index (χ1n) is 10.6. The lowest BCUT2D eigenvalue weighted by Crippen LogP contribution is -2.42. The van der Waals surface area contributed by atoms with Gasteiger partial charge in [0.05, 0.1) is 48.4 Å². The normalized spacial score (nSPS) is 23.4. The third-order valence-corrected chi connectivity index (χ3v) is 6.03. The highest BCUT2D eigenvalue weighted by Gasteiger charge is 2.25. The van der Waals surface area contributed by atoms with Crippen LogP contribution in [0.25, 0.3) is 11.3 Å². The summed E-state index contributed by atoms with van der Waals surface area (Å²) in [5.41, 5.74) is 1.76. The van der Waals surface area contributed by atoms with E-state index in [1.165, 1.54) is 6.20 Å². The summed E-state index contributed by atoms with van der Waals surface area (Å²) in [6.07, 6.45) is 7.45. The van der Waals surface area contributed by atoms with Crippen molar-refractivity contribution < 1.29 is 9.84 Å². The van der Waals surface area contributed by atoms with Crippen molar-refractivity contribution in [3.05, 3.63) is 24.2 Å². The fourth-order valence-corrected chi connectivity index (χ4v) is 4.14. The van der Waals surface area contributed by atoms with Gasteiger partial charge in [-0.2, -0.15) is 10.4 Å². The molecule has 4 rings (SSSR count). The zero-order chi connectivity index (χ0) is 21.1. The summed E-state index contributed by atoms with van der Waals surface area (Å²) in [7, 11) is 0. The lowest BCUT2D eigenvalue weighted by Gasteiger charge is -2.34. The fraction of sp³-hybridized carbons (Fsp3) is 0.619. The molecule has 0 bridgehead atoms. The zero-order valence-corrected chi connectivity index (χ0v) is 17.5. The largest absolute Gasteiger partial charge is 0.389 e. The summed E-state index contributed by atoms with van der Waals surface area (Å²) in [4.78, 5) is 11.3. The Hall–Kier alpha value is -2.54. The average Bonchev–Trinajstić information content (AvgIpc) is 3.25. The number of rotatable bonds is 5. The SMILES string of the molecule is CC(C)N1CCC(n2cc(-c3nc(N[C@@H]4CCOC[C@H]4O)ncc3C#N)cn2)CC1. The van der Waals surface area contributed by atoms with Gasteiger partial charge < -0.3 is 20.1 Å². The van der Waals surface area contributed by atoms with Crippen molar-refractivity contribution in [1.29, 1.82) is 5.26 Å². The van der Waals surface area contributed by atoms with E-state index < -0.39 is 6.10 Å². The first-order chi connectivity index (χ1) is 14.5. The van der Waals surface area contributed by atoms with Crippen LogP contribution in [0, 0.1) is 11.3 Å². The van der Waals surface area contributed by atoms with Gasteiger partial charge in [-0.15, -0.1) is 0 Å². The predicted octanol–water partition coefficient (Wildman–Crippen LogP) is 1.82. The van der Waals surface area contributed by atoms with Crippen LogP contribution in [0.1, 0.15) is 44.7 Å². The van der Waals surface area contributed by atoms with Gasteiger partial charge in [-0.05, 0) is 33.1 Å². The van der Waals surface area contributed by atoms with Gasteiger partial charge in [0.1, 0.15) is 6.07 Å². The topological polar surface area (TPSA) is 112 Å². The van der Waals surface area contributed by atoms with E-state index in [0.29, 0.717) is 48.9 Å². The molecule has 4 heterocycles. The summed E-state index contributed by atoms with van der Waals surface area (Å²) in [5, 5.41) is 27.4. The number of aromatic nitrogens is 4. The second-order valence-electron chi connectivity index (χ2n) is 8.32.